The molecule has 0 bridgehead atoms. The molecular weight excluding hydrogens is 295 g/mol. The number of halogens is 1. The van der Waals surface area contributed by atoms with E-state index in [0.29, 0.717) is 24.5 Å². The number of hydrogen-bond acceptors (Lipinski definition) is 4. The molecule has 1 aliphatic rings. The van der Waals surface area contributed by atoms with Crippen LogP contribution in [0.5, 0.6) is 0 Å². The number of thioether (sulfide) groups is 1. The summed E-state index contributed by atoms with van der Waals surface area (Å²) < 4.78 is 25.0. The minimum Gasteiger partial charge on any atom is -0.481 e. The molecule has 0 amide bonds. The van der Waals surface area contributed by atoms with Crippen LogP contribution in [0.15, 0.2) is 24.3 Å². The second-order valence-corrected chi connectivity index (χ2v) is 6.87. The van der Waals surface area contributed by atoms with E-state index in [1.165, 1.54) is 23.9 Å². The third kappa shape index (κ3) is 4.18. The number of benzene rings is 1. The van der Waals surface area contributed by atoms with Crippen molar-refractivity contribution in [1.29, 1.82) is 0 Å². The van der Waals surface area contributed by atoms with Crippen LogP contribution in [0.2, 0.25) is 0 Å². The fraction of sp³-hybridized carbons (Fsp3) is 0.533. The molecule has 0 aromatic heterocycles. The fourth-order valence-corrected chi connectivity index (χ4v) is 2.90. The van der Waals surface area contributed by atoms with Crippen molar-refractivity contribution >= 4 is 17.7 Å². The van der Waals surface area contributed by atoms with Crippen LogP contribution in [0.1, 0.15) is 19.4 Å². The molecule has 1 aromatic rings. The summed E-state index contributed by atoms with van der Waals surface area (Å²) in [5.41, 5.74) is 0.610. The lowest BCUT2D eigenvalue weighted by atomic mass is 9.93. The summed E-state index contributed by atoms with van der Waals surface area (Å²) in [4.78, 5) is 10.7. The quantitative estimate of drug-likeness (QED) is 0.905. The fourth-order valence-electron chi connectivity index (χ4n) is 2.02. The second kappa shape index (κ2) is 6.34. The maximum atomic E-state index is 13.1. The van der Waals surface area contributed by atoms with Crippen LogP contribution in [0, 0.1) is 11.2 Å². The third-order valence-electron chi connectivity index (χ3n) is 3.19. The van der Waals surface area contributed by atoms with Crippen LogP contribution in [0.3, 0.4) is 0 Å². The van der Waals surface area contributed by atoms with Gasteiger partial charge in [-0.05, 0) is 12.1 Å². The molecule has 1 heterocycles. The molecule has 2 rings (SSSR count). The first-order valence-corrected chi connectivity index (χ1v) is 7.82. The van der Waals surface area contributed by atoms with Gasteiger partial charge in [0, 0.05) is 11.0 Å². The molecule has 0 atom stereocenters. The third-order valence-corrected chi connectivity index (χ3v) is 4.23. The Morgan fingerprint density at radius 2 is 1.86 bits per heavy atom. The van der Waals surface area contributed by atoms with Crippen molar-refractivity contribution in [2.24, 2.45) is 5.41 Å². The van der Waals surface area contributed by atoms with Crippen molar-refractivity contribution in [3.05, 3.63) is 35.6 Å². The van der Waals surface area contributed by atoms with Crippen LogP contribution >= 0.6 is 11.8 Å². The van der Waals surface area contributed by atoms with Gasteiger partial charge in [0.25, 0.3) is 0 Å². The van der Waals surface area contributed by atoms with Gasteiger partial charge in [0.2, 0.25) is 5.79 Å². The van der Waals surface area contributed by atoms with Crippen molar-refractivity contribution in [3.8, 4) is 0 Å². The van der Waals surface area contributed by atoms with E-state index < -0.39 is 11.8 Å². The first-order chi connectivity index (χ1) is 9.83. The minimum atomic E-state index is -1.01. The Labute approximate surface area is 127 Å². The number of ether oxygens (including phenoxy) is 2. The largest absolute Gasteiger partial charge is 0.481 e. The Bertz CT molecular complexity index is 491. The van der Waals surface area contributed by atoms with Crippen LogP contribution in [0.4, 0.5) is 4.39 Å². The zero-order valence-electron chi connectivity index (χ0n) is 12.1. The smallest absolute Gasteiger partial charge is 0.313 e. The molecule has 1 N–H and O–H groups in total. The molecule has 1 fully saturated rings. The summed E-state index contributed by atoms with van der Waals surface area (Å²) >= 11 is 1.22. The number of hydrogen-bond donors (Lipinski definition) is 1. The van der Waals surface area contributed by atoms with Gasteiger partial charge in [-0.25, -0.2) is 4.39 Å². The molecule has 4 nitrogen and oxygen atoms in total. The van der Waals surface area contributed by atoms with Crippen LogP contribution in [-0.2, 0) is 20.1 Å². The monoisotopic (exact) mass is 314 g/mol. The van der Waals surface area contributed by atoms with Gasteiger partial charge in [0.1, 0.15) is 5.82 Å². The Hall–Kier alpha value is -1.11. The summed E-state index contributed by atoms with van der Waals surface area (Å²) in [6.45, 7) is 5.06. The van der Waals surface area contributed by atoms with Gasteiger partial charge in [-0.1, -0.05) is 26.0 Å². The Morgan fingerprint density at radius 3 is 2.38 bits per heavy atom. The Kier molecular flexibility index (Phi) is 4.91. The van der Waals surface area contributed by atoms with Crippen LogP contribution < -0.4 is 0 Å². The van der Waals surface area contributed by atoms with Gasteiger partial charge in [0.05, 0.1) is 24.7 Å². The molecule has 0 aliphatic carbocycles. The van der Waals surface area contributed by atoms with Crippen molar-refractivity contribution in [2.75, 3.05) is 24.7 Å². The highest BCUT2D eigenvalue weighted by Gasteiger charge is 2.42. The molecular formula is C15H19FO4S. The van der Waals surface area contributed by atoms with Gasteiger partial charge in [0.15, 0.2) is 0 Å². The summed E-state index contributed by atoms with van der Waals surface area (Å²) in [6.07, 6.45) is 0. The molecule has 0 saturated carbocycles. The average molecular weight is 314 g/mol. The van der Waals surface area contributed by atoms with E-state index in [9.17, 15) is 9.18 Å². The summed E-state index contributed by atoms with van der Waals surface area (Å²) in [5.74, 6) is -1.91. The lowest BCUT2D eigenvalue weighted by Gasteiger charge is -2.43. The normalized spacial score (nSPS) is 20.1. The SMILES string of the molecule is CC1(C)COC(CSCC(=O)O)(c2ccc(F)cc2)OC1. The van der Waals surface area contributed by atoms with E-state index >= 15 is 0 Å². The van der Waals surface area contributed by atoms with Crippen molar-refractivity contribution in [1.82, 2.24) is 0 Å². The maximum Gasteiger partial charge on any atom is 0.313 e. The van der Waals surface area contributed by atoms with E-state index in [2.05, 4.69) is 0 Å². The number of rotatable bonds is 5. The highest BCUT2D eigenvalue weighted by Crippen LogP contribution is 2.38. The summed E-state index contributed by atoms with van der Waals surface area (Å²) in [6, 6.07) is 5.95. The Morgan fingerprint density at radius 1 is 1.29 bits per heavy atom. The van der Waals surface area contributed by atoms with Gasteiger partial charge < -0.3 is 14.6 Å². The van der Waals surface area contributed by atoms with Crippen LogP contribution in [0.25, 0.3) is 0 Å². The molecule has 116 valence electrons. The van der Waals surface area contributed by atoms with Gasteiger partial charge in [-0.2, -0.15) is 0 Å². The van der Waals surface area contributed by atoms with Gasteiger partial charge >= 0.3 is 5.97 Å². The van der Waals surface area contributed by atoms with E-state index in [1.807, 2.05) is 13.8 Å². The Balaban J connectivity index is 2.18. The predicted octanol–water partition coefficient (Wildman–Crippen LogP) is 2.87. The molecule has 1 aliphatic heterocycles. The number of carboxylic acids is 1. The standard InChI is InChI=1S/C15H19FO4S/c1-14(2)8-19-15(20-9-14,10-21-7-13(17)18)11-3-5-12(16)6-4-11/h3-6H,7-10H2,1-2H3,(H,17,18). The van der Waals surface area contributed by atoms with E-state index in [1.54, 1.807) is 12.1 Å². The van der Waals surface area contributed by atoms with Gasteiger partial charge in [-0.3, -0.25) is 4.79 Å². The number of aliphatic carboxylic acids is 1. The molecule has 1 aromatic carbocycles. The van der Waals surface area contributed by atoms with E-state index in [-0.39, 0.29) is 17.0 Å². The van der Waals surface area contributed by atoms with Crippen LogP contribution in [-0.4, -0.2) is 35.8 Å². The minimum absolute atomic E-state index is 0.0287. The first kappa shape index (κ1) is 16.3. The summed E-state index contributed by atoms with van der Waals surface area (Å²) in [5, 5.41) is 8.76. The molecule has 0 unspecified atom stereocenters. The highest BCUT2D eigenvalue weighted by molar-refractivity contribution is 7.99. The topological polar surface area (TPSA) is 55.8 Å². The maximum absolute atomic E-state index is 13.1. The molecule has 21 heavy (non-hydrogen) atoms. The average Bonchev–Trinajstić information content (AvgIpc) is 2.42. The molecule has 1 saturated heterocycles. The number of carbonyl (C=O) groups is 1. The predicted molar refractivity (Wildman–Crippen MR) is 78.7 cm³/mol. The van der Waals surface area contributed by atoms with E-state index in [0.717, 1.165) is 0 Å². The van der Waals surface area contributed by atoms with Gasteiger partial charge in [-0.15, -0.1) is 11.8 Å². The number of carboxylic acid groups (broad SMARTS) is 1. The molecule has 6 heteroatoms. The summed E-state index contributed by atoms with van der Waals surface area (Å²) in [7, 11) is 0. The van der Waals surface area contributed by atoms with Crippen molar-refractivity contribution in [2.45, 2.75) is 19.6 Å². The van der Waals surface area contributed by atoms with Crippen molar-refractivity contribution < 1.29 is 23.8 Å². The second-order valence-electron chi connectivity index (χ2n) is 5.89. The molecule has 0 spiro atoms. The first-order valence-electron chi connectivity index (χ1n) is 6.67. The zero-order chi connectivity index (χ0) is 15.5. The lowest BCUT2D eigenvalue weighted by molar-refractivity contribution is -0.295. The van der Waals surface area contributed by atoms with Crippen molar-refractivity contribution in [3.63, 3.8) is 0 Å². The zero-order valence-corrected chi connectivity index (χ0v) is 12.9. The molecule has 0 radical (unpaired) electrons. The lowest BCUT2D eigenvalue weighted by Crippen LogP contribution is -2.47. The highest BCUT2D eigenvalue weighted by atomic mass is 32.2. The van der Waals surface area contributed by atoms with E-state index in [4.69, 9.17) is 14.6 Å².